The van der Waals surface area contributed by atoms with Crippen LogP contribution in [0.15, 0.2) is 24.3 Å². The Kier molecular flexibility index (Phi) is 6.51. The molecule has 2 aromatic heterocycles. The van der Waals surface area contributed by atoms with Gasteiger partial charge in [0.25, 0.3) is 0 Å². The van der Waals surface area contributed by atoms with Crippen LogP contribution in [0.2, 0.25) is 0 Å². The fourth-order valence-electron chi connectivity index (χ4n) is 3.10. The number of hydrogen-bond acceptors (Lipinski definition) is 8. The van der Waals surface area contributed by atoms with Crippen LogP contribution in [0.5, 0.6) is 11.5 Å². The van der Waals surface area contributed by atoms with E-state index in [4.69, 9.17) is 15.2 Å². The first-order valence-electron chi connectivity index (χ1n) is 10.1. The molecule has 0 aliphatic heterocycles. The van der Waals surface area contributed by atoms with Gasteiger partial charge in [0.05, 0.1) is 14.2 Å². The third-order valence-corrected chi connectivity index (χ3v) is 4.60. The molecule has 164 valence electrons. The van der Waals surface area contributed by atoms with Crippen molar-refractivity contribution in [3.8, 4) is 17.6 Å². The summed E-state index contributed by atoms with van der Waals surface area (Å²) in [6.45, 7) is 6.51. The lowest BCUT2D eigenvalue weighted by Gasteiger charge is -2.20. The third kappa shape index (κ3) is 5.16. The van der Waals surface area contributed by atoms with E-state index in [2.05, 4.69) is 33.7 Å². The van der Waals surface area contributed by atoms with Crippen molar-refractivity contribution in [3.05, 3.63) is 35.5 Å². The first-order valence-corrected chi connectivity index (χ1v) is 10.1. The molecule has 0 aliphatic rings. The van der Waals surface area contributed by atoms with E-state index in [1.54, 1.807) is 36.9 Å². The smallest absolute Gasteiger partial charge is 0.177 e. The summed E-state index contributed by atoms with van der Waals surface area (Å²) in [6, 6.07) is 9.58. The molecule has 4 N–H and O–H groups in total. The zero-order valence-electron chi connectivity index (χ0n) is 18.6. The molecule has 0 saturated carbocycles. The summed E-state index contributed by atoms with van der Waals surface area (Å²) in [4.78, 5) is 4.69. The number of nitrogens with two attached hydrogens (primary N) is 1. The topological polar surface area (TPSA) is 123 Å². The molecular weight excluding hydrogens is 394 g/mol. The number of fused-ring (bicyclic) bond motifs is 1. The van der Waals surface area contributed by atoms with E-state index in [-0.39, 0.29) is 0 Å². The lowest BCUT2D eigenvalue weighted by molar-refractivity contribution is 0.395. The highest BCUT2D eigenvalue weighted by Gasteiger charge is 2.19. The maximum absolute atomic E-state index is 9.88. The quantitative estimate of drug-likeness (QED) is 0.478. The summed E-state index contributed by atoms with van der Waals surface area (Å²) in [5, 5.41) is 21.1. The van der Waals surface area contributed by atoms with Gasteiger partial charge in [0.15, 0.2) is 11.5 Å². The van der Waals surface area contributed by atoms with Crippen LogP contribution >= 0.6 is 0 Å². The van der Waals surface area contributed by atoms with Gasteiger partial charge in [0.2, 0.25) is 0 Å². The molecule has 0 atom stereocenters. The Morgan fingerprint density at radius 1 is 1.16 bits per heavy atom. The minimum atomic E-state index is -0.413. The van der Waals surface area contributed by atoms with Crippen LogP contribution in [0.25, 0.3) is 5.65 Å². The summed E-state index contributed by atoms with van der Waals surface area (Å²) < 4.78 is 12.3. The Morgan fingerprint density at radius 3 is 2.39 bits per heavy atom. The van der Waals surface area contributed by atoms with Gasteiger partial charge in [-0.2, -0.15) is 9.78 Å². The van der Waals surface area contributed by atoms with Crippen LogP contribution in [-0.4, -0.2) is 40.9 Å². The van der Waals surface area contributed by atoms with E-state index in [1.807, 2.05) is 19.9 Å². The minimum Gasteiger partial charge on any atom is -0.497 e. The fraction of sp³-hybridized carbons (Fsp3) is 0.409. The molecule has 0 saturated heterocycles. The van der Waals surface area contributed by atoms with E-state index >= 15 is 0 Å². The average Bonchev–Trinajstić information content (AvgIpc) is 3.08. The molecule has 0 bridgehead atoms. The van der Waals surface area contributed by atoms with Crippen molar-refractivity contribution >= 4 is 23.0 Å². The molecule has 2 heterocycles. The number of ether oxygens (including phenoxy) is 2. The summed E-state index contributed by atoms with van der Waals surface area (Å²) >= 11 is 0. The number of nitrogens with zero attached hydrogens (tertiary/aromatic N) is 4. The van der Waals surface area contributed by atoms with Crippen LogP contribution in [0, 0.1) is 11.3 Å². The second kappa shape index (κ2) is 9.10. The molecule has 9 nitrogen and oxygen atoms in total. The van der Waals surface area contributed by atoms with E-state index in [9.17, 15) is 5.26 Å². The highest BCUT2D eigenvalue weighted by atomic mass is 16.5. The molecule has 0 aliphatic carbocycles. The maximum Gasteiger partial charge on any atom is 0.177 e. The highest BCUT2D eigenvalue weighted by Crippen LogP contribution is 2.30. The lowest BCUT2D eigenvalue weighted by atomic mass is 10.1. The highest BCUT2D eigenvalue weighted by molar-refractivity contribution is 5.74. The van der Waals surface area contributed by atoms with Gasteiger partial charge >= 0.3 is 0 Å². The molecule has 3 rings (SSSR count). The normalized spacial score (nSPS) is 11.3. The van der Waals surface area contributed by atoms with Crippen molar-refractivity contribution < 1.29 is 9.47 Å². The number of aryl methyl sites for hydroxylation is 1. The maximum atomic E-state index is 9.88. The second-order valence-corrected chi connectivity index (χ2v) is 8.02. The number of hydrogen-bond donors (Lipinski definition) is 3. The molecule has 3 aromatic rings. The molecule has 9 heteroatoms. The molecule has 0 spiro atoms. The molecule has 1 aromatic carbocycles. The van der Waals surface area contributed by atoms with Gasteiger partial charge in [-0.05, 0) is 20.3 Å². The number of anilines is 3. The number of benzene rings is 1. The number of aromatic nitrogens is 3. The van der Waals surface area contributed by atoms with E-state index in [1.165, 1.54) is 0 Å². The Labute approximate surface area is 182 Å². The van der Waals surface area contributed by atoms with E-state index < -0.39 is 5.54 Å². The molecule has 0 radical (unpaired) electrons. The summed E-state index contributed by atoms with van der Waals surface area (Å²) in [5.74, 6) is 2.38. The van der Waals surface area contributed by atoms with Crippen molar-refractivity contribution in [1.29, 1.82) is 5.26 Å². The van der Waals surface area contributed by atoms with E-state index in [0.29, 0.717) is 40.8 Å². The number of nitriles is 1. The largest absolute Gasteiger partial charge is 0.497 e. The van der Waals surface area contributed by atoms with Gasteiger partial charge in [-0.1, -0.05) is 13.3 Å². The Bertz CT molecular complexity index is 1090. The molecular formula is C22H29N7O2. The minimum absolute atomic E-state index is 0.356. The standard InChI is InChI=1S/C22H29N7O2/c1-6-7-14-10-19(25-13-22(2,3)24)29-21(27-14)18(12-23)20(28-29)26-15-8-16(30-4)11-17(9-15)31-5/h8-11,25H,6-7,13,24H2,1-5H3,(H,26,28). The van der Waals surface area contributed by atoms with Crippen molar-refractivity contribution in [1.82, 2.24) is 14.6 Å². The fourth-order valence-corrected chi connectivity index (χ4v) is 3.10. The molecule has 0 fully saturated rings. The van der Waals surface area contributed by atoms with Crippen molar-refractivity contribution in [2.45, 2.75) is 39.2 Å². The van der Waals surface area contributed by atoms with Crippen molar-refractivity contribution in [2.75, 3.05) is 31.4 Å². The monoisotopic (exact) mass is 423 g/mol. The van der Waals surface area contributed by atoms with Gasteiger partial charge in [-0.25, -0.2) is 4.98 Å². The van der Waals surface area contributed by atoms with Crippen LogP contribution in [0.1, 0.15) is 38.4 Å². The Hall–Kier alpha value is -3.51. The zero-order valence-corrected chi connectivity index (χ0v) is 18.6. The number of nitrogens with one attached hydrogen (secondary N) is 2. The van der Waals surface area contributed by atoms with Crippen LogP contribution in [-0.2, 0) is 6.42 Å². The van der Waals surface area contributed by atoms with Gasteiger partial charge in [-0.15, -0.1) is 5.10 Å². The SMILES string of the molecule is CCCc1cc(NCC(C)(C)N)n2nc(Nc3cc(OC)cc(OC)c3)c(C#N)c2n1. The van der Waals surface area contributed by atoms with Crippen LogP contribution in [0.3, 0.4) is 0 Å². The van der Waals surface area contributed by atoms with Crippen molar-refractivity contribution in [2.24, 2.45) is 5.73 Å². The molecule has 0 unspecified atom stereocenters. The number of rotatable bonds is 9. The van der Waals surface area contributed by atoms with Gasteiger partial charge in [-0.3, -0.25) is 0 Å². The molecule has 31 heavy (non-hydrogen) atoms. The predicted octanol–water partition coefficient (Wildman–Crippen LogP) is 3.46. The first kappa shape index (κ1) is 22.2. The summed E-state index contributed by atoms with van der Waals surface area (Å²) in [5.41, 5.74) is 8.15. The summed E-state index contributed by atoms with van der Waals surface area (Å²) in [6.07, 6.45) is 1.73. The van der Waals surface area contributed by atoms with Crippen molar-refractivity contribution in [3.63, 3.8) is 0 Å². The summed E-state index contributed by atoms with van der Waals surface area (Å²) in [7, 11) is 3.17. The zero-order chi connectivity index (χ0) is 22.6. The first-order chi connectivity index (χ1) is 14.8. The second-order valence-electron chi connectivity index (χ2n) is 8.02. The van der Waals surface area contributed by atoms with Gasteiger partial charge < -0.3 is 25.8 Å². The Balaban J connectivity index is 2.09. The van der Waals surface area contributed by atoms with E-state index in [0.717, 1.165) is 24.4 Å². The predicted molar refractivity (Wildman–Crippen MR) is 121 cm³/mol. The van der Waals surface area contributed by atoms with Crippen LogP contribution < -0.4 is 25.8 Å². The lowest BCUT2D eigenvalue weighted by Crippen LogP contribution is -2.40. The number of methoxy groups -OCH3 is 2. The van der Waals surface area contributed by atoms with Crippen LogP contribution in [0.4, 0.5) is 17.3 Å². The Morgan fingerprint density at radius 2 is 1.84 bits per heavy atom. The van der Waals surface area contributed by atoms with Gasteiger partial charge in [0, 0.05) is 47.7 Å². The third-order valence-electron chi connectivity index (χ3n) is 4.60. The average molecular weight is 424 g/mol. The molecule has 0 amide bonds. The van der Waals surface area contributed by atoms with Gasteiger partial charge in [0.1, 0.15) is 28.9 Å².